The van der Waals surface area contributed by atoms with Crippen LogP contribution in [0.15, 0.2) is 0 Å². The van der Waals surface area contributed by atoms with Crippen LogP contribution in [0.3, 0.4) is 0 Å². The van der Waals surface area contributed by atoms with E-state index in [1.807, 2.05) is 0 Å². The number of carbonyl (C=O) groups is 3. The minimum absolute atomic E-state index is 0.0366. The fourth-order valence-corrected chi connectivity index (χ4v) is 2.21. The number of aliphatic carboxylic acids is 1. The van der Waals surface area contributed by atoms with Gasteiger partial charge in [0.2, 0.25) is 5.91 Å². The molecule has 0 aromatic carbocycles. The molecule has 1 rings (SSSR count). The predicted octanol–water partition coefficient (Wildman–Crippen LogP) is 0.147. The fourth-order valence-electron chi connectivity index (χ4n) is 2.21. The highest BCUT2D eigenvalue weighted by atomic mass is 16.4. The number of primary amides is 1. The number of likely N-dealkylation sites (tertiary alicyclic amines) is 1. The predicted molar refractivity (Wildman–Crippen MR) is 68.4 cm³/mol. The molecule has 7 heteroatoms. The van der Waals surface area contributed by atoms with Crippen LogP contribution in [-0.2, 0) is 9.59 Å². The van der Waals surface area contributed by atoms with Gasteiger partial charge in [-0.2, -0.15) is 0 Å². The van der Waals surface area contributed by atoms with Crippen molar-refractivity contribution in [3.63, 3.8) is 0 Å². The van der Waals surface area contributed by atoms with Gasteiger partial charge in [-0.05, 0) is 26.7 Å². The Morgan fingerprint density at radius 2 is 2.05 bits per heavy atom. The van der Waals surface area contributed by atoms with Crippen molar-refractivity contribution in [2.75, 3.05) is 13.1 Å². The van der Waals surface area contributed by atoms with E-state index in [1.165, 1.54) is 4.90 Å². The highest BCUT2D eigenvalue weighted by Crippen LogP contribution is 2.17. The van der Waals surface area contributed by atoms with Crippen LogP contribution in [0.25, 0.3) is 0 Å². The van der Waals surface area contributed by atoms with Crippen LogP contribution in [0.1, 0.15) is 33.1 Å². The number of carboxylic acid groups (broad SMARTS) is 1. The highest BCUT2D eigenvalue weighted by molar-refractivity contribution is 5.79. The summed E-state index contributed by atoms with van der Waals surface area (Å²) in [6, 6.07) is -0.350. The first-order valence-corrected chi connectivity index (χ1v) is 6.29. The Bertz CT molecular complexity index is 381. The summed E-state index contributed by atoms with van der Waals surface area (Å²) in [5, 5.41) is 11.7. The summed E-state index contributed by atoms with van der Waals surface area (Å²) >= 11 is 0. The summed E-state index contributed by atoms with van der Waals surface area (Å²) in [5.41, 5.74) is 4.38. The molecule has 1 fully saturated rings. The van der Waals surface area contributed by atoms with Gasteiger partial charge in [0.25, 0.3) is 0 Å². The smallest absolute Gasteiger partial charge is 0.317 e. The number of amides is 3. The molecular formula is C12H21N3O4. The topological polar surface area (TPSA) is 113 Å². The third-order valence-corrected chi connectivity index (χ3v) is 3.12. The van der Waals surface area contributed by atoms with Crippen molar-refractivity contribution in [1.82, 2.24) is 10.2 Å². The van der Waals surface area contributed by atoms with Crippen molar-refractivity contribution in [2.24, 2.45) is 11.7 Å². The molecule has 1 aliphatic rings. The second-order valence-electron chi connectivity index (χ2n) is 5.58. The van der Waals surface area contributed by atoms with E-state index in [2.05, 4.69) is 5.32 Å². The zero-order valence-corrected chi connectivity index (χ0v) is 11.3. The number of piperidine rings is 1. The van der Waals surface area contributed by atoms with E-state index in [9.17, 15) is 14.4 Å². The first kappa shape index (κ1) is 15.3. The lowest BCUT2D eigenvalue weighted by Gasteiger charge is -2.34. The van der Waals surface area contributed by atoms with Gasteiger partial charge in [-0.3, -0.25) is 9.59 Å². The summed E-state index contributed by atoms with van der Waals surface area (Å²) < 4.78 is 0. The molecule has 0 aromatic rings. The van der Waals surface area contributed by atoms with E-state index >= 15 is 0 Å². The molecule has 0 aliphatic carbocycles. The van der Waals surface area contributed by atoms with Gasteiger partial charge in [0.15, 0.2) is 0 Å². The molecule has 0 radical (unpaired) electrons. The van der Waals surface area contributed by atoms with Gasteiger partial charge >= 0.3 is 12.0 Å². The maximum absolute atomic E-state index is 12.0. The first-order valence-electron chi connectivity index (χ1n) is 6.29. The number of nitrogens with two attached hydrogens (primary N) is 1. The van der Waals surface area contributed by atoms with Crippen molar-refractivity contribution in [3.8, 4) is 0 Å². The van der Waals surface area contributed by atoms with Crippen LogP contribution >= 0.6 is 0 Å². The van der Waals surface area contributed by atoms with Gasteiger partial charge in [0.1, 0.15) is 0 Å². The van der Waals surface area contributed by atoms with Crippen LogP contribution in [0.2, 0.25) is 0 Å². The van der Waals surface area contributed by atoms with E-state index in [0.29, 0.717) is 19.4 Å². The van der Waals surface area contributed by atoms with Gasteiger partial charge in [0, 0.05) is 25.0 Å². The molecule has 0 aromatic heterocycles. The zero-order valence-electron chi connectivity index (χ0n) is 11.3. The first-order chi connectivity index (χ1) is 8.71. The largest absolute Gasteiger partial charge is 0.481 e. The highest BCUT2D eigenvalue weighted by Gasteiger charge is 2.31. The molecule has 0 unspecified atom stereocenters. The molecule has 4 N–H and O–H groups in total. The van der Waals surface area contributed by atoms with Crippen molar-refractivity contribution in [3.05, 3.63) is 0 Å². The summed E-state index contributed by atoms with van der Waals surface area (Å²) in [6.45, 7) is 4.14. The van der Waals surface area contributed by atoms with Crippen LogP contribution in [-0.4, -0.2) is 46.5 Å². The van der Waals surface area contributed by atoms with Crippen LogP contribution < -0.4 is 11.1 Å². The lowest BCUT2D eigenvalue weighted by molar-refractivity contribution is -0.143. The van der Waals surface area contributed by atoms with Crippen molar-refractivity contribution in [2.45, 2.75) is 38.6 Å². The van der Waals surface area contributed by atoms with E-state index in [-0.39, 0.29) is 19.0 Å². The Kier molecular flexibility index (Phi) is 4.74. The molecule has 1 atom stereocenters. The number of rotatable bonds is 4. The molecule has 108 valence electrons. The molecule has 0 spiro atoms. The summed E-state index contributed by atoms with van der Waals surface area (Å²) in [4.78, 5) is 35.3. The second kappa shape index (κ2) is 5.90. The summed E-state index contributed by atoms with van der Waals surface area (Å²) in [5.74, 6) is -1.89. The van der Waals surface area contributed by atoms with Crippen LogP contribution in [0.4, 0.5) is 4.79 Å². The maximum atomic E-state index is 12.0. The van der Waals surface area contributed by atoms with Crippen molar-refractivity contribution < 1.29 is 19.5 Å². The lowest BCUT2D eigenvalue weighted by Crippen LogP contribution is -2.54. The summed E-state index contributed by atoms with van der Waals surface area (Å²) in [6.07, 6.45) is 1.29. The molecule has 7 nitrogen and oxygen atoms in total. The third kappa shape index (κ3) is 4.76. The average molecular weight is 271 g/mol. The standard InChI is InChI=1S/C12H21N3O4/c1-12(2,6-9(13)16)14-11(19)15-5-3-4-8(7-15)10(17)18/h8H,3-7H2,1-2H3,(H2,13,16)(H,14,19)(H,17,18)/t8-/m1/s1. The number of carbonyl (C=O) groups excluding carboxylic acids is 2. The molecule has 1 heterocycles. The minimum Gasteiger partial charge on any atom is -0.481 e. The molecule has 0 saturated carbocycles. The van der Waals surface area contributed by atoms with Gasteiger partial charge in [0.05, 0.1) is 5.92 Å². The Morgan fingerprint density at radius 1 is 1.42 bits per heavy atom. The number of urea groups is 1. The van der Waals surface area contributed by atoms with E-state index < -0.39 is 23.3 Å². The number of hydrogen-bond donors (Lipinski definition) is 3. The molecular weight excluding hydrogens is 250 g/mol. The second-order valence-corrected chi connectivity index (χ2v) is 5.58. The Morgan fingerprint density at radius 3 is 2.58 bits per heavy atom. The van der Waals surface area contributed by atoms with Crippen molar-refractivity contribution in [1.29, 1.82) is 0 Å². The van der Waals surface area contributed by atoms with Gasteiger partial charge in [-0.15, -0.1) is 0 Å². The normalized spacial score (nSPS) is 19.9. The Hall–Kier alpha value is -1.79. The van der Waals surface area contributed by atoms with E-state index in [4.69, 9.17) is 10.8 Å². The fraction of sp³-hybridized carbons (Fsp3) is 0.750. The molecule has 19 heavy (non-hydrogen) atoms. The van der Waals surface area contributed by atoms with Gasteiger partial charge in [-0.25, -0.2) is 4.79 Å². The van der Waals surface area contributed by atoms with E-state index in [0.717, 1.165) is 0 Å². The maximum Gasteiger partial charge on any atom is 0.317 e. The third-order valence-electron chi connectivity index (χ3n) is 3.12. The van der Waals surface area contributed by atoms with Gasteiger partial charge < -0.3 is 21.1 Å². The van der Waals surface area contributed by atoms with Crippen LogP contribution in [0, 0.1) is 5.92 Å². The molecule has 1 aliphatic heterocycles. The Balaban J connectivity index is 2.57. The zero-order chi connectivity index (χ0) is 14.6. The SMILES string of the molecule is CC(C)(CC(N)=O)NC(=O)N1CCC[C@@H](C(=O)O)C1. The summed E-state index contributed by atoms with van der Waals surface area (Å²) in [7, 11) is 0. The lowest BCUT2D eigenvalue weighted by atomic mass is 9.98. The number of hydrogen-bond acceptors (Lipinski definition) is 3. The van der Waals surface area contributed by atoms with Gasteiger partial charge in [-0.1, -0.05) is 0 Å². The quantitative estimate of drug-likeness (QED) is 0.675. The molecule has 1 saturated heterocycles. The van der Waals surface area contributed by atoms with Crippen LogP contribution in [0.5, 0.6) is 0 Å². The molecule has 3 amide bonds. The number of carboxylic acids is 1. The van der Waals surface area contributed by atoms with Crippen molar-refractivity contribution >= 4 is 17.9 Å². The molecule has 0 bridgehead atoms. The van der Waals surface area contributed by atoms with E-state index in [1.54, 1.807) is 13.8 Å². The Labute approximate surface area is 112 Å². The average Bonchev–Trinajstić information content (AvgIpc) is 2.26. The number of nitrogens with zero attached hydrogens (tertiary/aromatic N) is 1. The number of nitrogens with one attached hydrogen (secondary N) is 1. The minimum atomic E-state index is -0.881. The monoisotopic (exact) mass is 271 g/mol.